The fourth-order valence-corrected chi connectivity index (χ4v) is 1.44. The lowest BCUT2D eigenvalue weighted by atomic mass is 10.3. The molecule has 2 heterocycles. The van der Waals surface area contributed by atoms with Gasteiger partial charge in [-0.2, -0.15) is 0 Å². The quantitative estimate of drug-likeness (QED) is 0.149. The van der Waals surface area contributed by atoms with Crippen LogP contribution in [0.2, 0.25) is 0 Å². The Morgan fingerprint density at radius 3 is 2.36 bits per heavy atom. The number of rotatable bonds is 1. The minimum absolute atomic E-state index is 0.601. The first-order valence-electron chi connectivity index (χ1n) is 5.93. The summed E-state index contributed by atoms with van der Waals surface area (Å²) in [6.45, 7) is 0. The number of hydroxylamine groups is 1. The standard InChI is InChI=1S/C10H13N6O.BF4/c1-14(2)9(7-15(3)17)16-10-8(12-13-16)5-4-6-11-10;2-1(3,4)5/h4-7H,1-3H3;/q+1;-1. The van der Waals surface area contributed by atoms with Crippen LogP contribution in [0.1, 0.15) is 0 Å². The lowest BCUT2D eigenvalue weighted by molar-refractivity contribution is -0.469. The van der Waals surface area contributed by atoms with Gasteiger partial charge in [-0.05, 0) is 12.1 Å². The molecule has 0 bridgehead atoms. The number of pyridine rings is 1. The minimum atomic E-state index is -6.00. The largest absolute Gasteiger partial charge is 0.673 e. The Kier molecular flexibility index (Phi) is 5.54. The first-order chi connectivity index (χ1) is 10.1. The molecule has 0 radical (unpaired) electrons. The predicted molar refractivity (Wildman–Crippen MR) is 73.6 cm³/mol. The Hall–Kier alpha value is -2.53. The van der Waals surface area contributed by atoms with Crippen LogP contribution < -0.4 is 0 Å². The Balaban J connectivity index is 0.000000422. The summed E-state index contributed by atoms with van der Waals surface area (Å²) in [5, 5.41) is 19.1. The zero-order valence-electron chi connectivity index (χ0n) is 12.0. The summed E-state index contributed by atoms with van der Waals surface area (Å²) < 4.78 is 43.0. The van der Waals surface area contributed by atoms with Gasteiger partial charge in [0.05, 0.1) is 14.1 Å². The van der Waals surface area contributed by atoms with Gasteiger partial charge < -0.3 is 22.5 Å². The SMILES string of the molecule is C[N+]([O-])=CC(n1nnc2cccnc21)=[N+](C)C.F[B-](F)(F)F. The van der Waals surface area contributed by atoms with E-state index in [0.717, 1.165) is 0 Å². The van der Waals surface area contributed by atoms with Gasteiger partial charge in [0, 0.05) is 11.4 Å². The van der Waals surface area contributed by atoms with Crippen LogP contribution in [-0.4, -0.2) is 69.7 Å². The normalized spacial score (nSPS) is 11.9. The van der Waals surface area contributed by atoms with Gasteiger partial charge >= 0.3 is 13.1 Å². The molecule has 0 aromatic carbocycles. The second kappa shape index (κ2) is 6.96. The molecule has 0 aliphatic heterocycles. The molecule has 2 rings (SSSR count). The van der Waals surface area contributed by atoms with Crippen LogP contribution in [0.3, 0.4) is 0 Å². The van der Waals surface area contributed by atoms with E-state index in [-0.39, 0.29) is 0 Å². The molecule has 22 heavy (non-hydrogen) atoms. The molecule has 120 valence electrons. The molecule has 2 aromatic heterocycles. The van der Waals surface area contributed by atoms with Gasteiger partial charge in [-0.1, -0.05) is 4.68 Å². The number of nitrogens with zero attached hydrogens (tertiary/aromatic N) is 6. The Morgan fingerprint density at radius 1 is 1.27 bits per heavy atom. The second-order valence-electron chi connectivity index (χ2n) is 4.27. The highest BCUT2D eigenvalue weighted by atomic mass is 19.5. The van der Waals surface area contributed by atoms with E-state index >= 15 is 0 Å². The highest BCUT2D eigenvalue weighted by Crippen LogP contribution is 2.06. The van der Waals surface area contributed by atoms with Crippen LogP contribution in [0, 0.1) is 5.21 Å². The molecule has 0 N–H and O–H groups in total. The van der Waals surface area contributed by atoms with Crippen molar-refractivity contribution in [2.75, 3.05) is 21.1 Å². The monoisotopic (exact) mass is 320 g/mol. The van der Waals surface area contributed by atoms with Crippen LogP contribution >= 0.6 is 0 Å². The molecular formula is C10H13BF4N6O. The number of hydrogen-bond acceptors (Lipinski definition) is 4. The van der Waals surface area contributed by atoms with E-state index in [0.29, 0.717) is 21.7 Å². The van der Waals surface area contributed by atoms with Crippen LogP contribution in [0.4, 0.5) is 17.3 Å². The molecule has 0 unspecified atom stereocenters. The van der Waals surface area contributed by atoms with Crippen molar-refractivity contribution in [2.24, 2.45) is 0 Å². The van der Waals surface area contributed by atoms with E-state index in [4.69, 9.17) is 0 Å². The lowest BCUT2D eigenvalue weighted by Gasteiger charge is -1.97. The van der Waals surface area contributed by atoms with E-state index in [9.17, 15) is 22.5 Å². The van der Waals surface area contributed by atoms with Crippen molar-refractivity contribution < 1.29 is 26.6 Å². The van der Waals surface area contributed by atoms with Crippen molar-refractivity contribution in [3.8, 4) is 0 Å². The number of halogens is 4. The summed E-state index contributed by atoms with van der Waals surface area (Å²) >= 11 is 0. The van der Waals surface area contributed by atoms with Gasteiger partial charge in [0.1, 0.15) is 7.05 Å². The van der Waals surface area contributed by atoms with Crippen molar-refractivity contribution in [1.29, 1.82) is 0 Å². The van der Waals surface area contributed by atoms with Crippen LogP contribution in [0.15, 0.2) is 18.3 Å². The Bertz CT molecular complexity index is 697. The molecular weight excluding hydrogens is 307 g/mol. The van der Waals surface area contributed by atoms with Crippen LogP contribution in [0.5, 0.6) is 0 Å². The van der Waals surface area contributed by atoms with Gasteiger partial charge in [-0.15, -0.1) is 5.10 Å². The molecule has 12 heteroatoms. The van der Waals surface area contributed by atoms with Crippen LogP contribution in [0.25, 0.3) is 11.2 Å². The minimum Gasteiger partial charge on any atom is -0.624 e. The number of aromatic nitrogens is 4. The van der Waals surface area contributed by atoms with Crippen molar-refractivity contribution in [3.05, 3.63) is 23.5 Å². The maximum Gasteiger partial charge on any atom is 0.673 e. The Morgan fingerprint density at radius 2 is 1.86 bits per heavy atom. The second-order valence-corrected chi connectivity index (χ2v) is 4.27. The van der Waals surface area contributed by atoms with Gasteiger partial charge in [0.2, 0.25) is 0 Å². The van der Waals surface area contributed by atoms with Crippen molar-refractivity contribution >= 4 is 30.5 Å². The van der Waals surface area contributed by atoms with Gasteiger partial charge in [0.15, 0.2) is 5.52 Å². The van der Waals surface area contributed by atoms with E-state index in [1.54, 1.807) is 16.8 Å². The zero-order chi connectivity index (χ0) is 16.9. The number of fused-ring (bicyclic) bond motifs is 1. The van der Waals surface area contributed by atoms with Gasteiger partial charge in [-0.3, -0.25) is 4.58 Å². The van der Waals surface area contributed by atoms with Gasteiger partial charge in [-0.25, -0.2) is 9.72 Å². The highest BCUT2D eigenvalue weighted by molar-refractivity contribution is 6.50. The van der Waals surface area contributed by atoms with E-state index in [1.165, 1.54) is 17.9 Å². The van der Waals surface area contributed by atoms with Crippen molar-refractivity contribution in [1.82, 2.24) is 20.0 Å². The van der Waals surface area contributed by atoms with Crippen LogP contribution in [-0.2, 0) is 0 Å². The third-order valence-electron chi connectivity index (χ3n) is 2.18. The summed E-state index contributed by atoms with van der Waals surface area (Å²) in [4.78, 5) is 4.20. The average Bonchev–Trinajstić information content (AvgIpc) is 2.77. The fourth-order valence-electron chi connectivity index (χ4n) is 1.44. The third kappa shape index (κ3) is 5.46. The summed E-state index contributed by atoms with van der Waals surface area (Å²) in [5.74, 6) is 0.601. The zero-order valence-corrected chi connectivity index (χ0v) is 12.0. The number of hydrogen-bond donors (Lipinski definition) is 0. The smallest absolute Gasteiger partial charge is 0.624 e. The van der Waals surface area contributed by atoms with Crippen molar-refractivity contribution in [2.45, 2.75) is 0 Å². The highest BCUT2D eigenvalue weighted by Gasteiger charge is 2.21. The first-order valence-corrected chi connectivity index (χ1v) is 5.93. The molecule has 2 aromatic rings. The van der Waals surface area contributed by atoms with E-state index in [2.05, 4.69) is 15.3 Å². The molecule has 0 aliphatic carbocycles. The molecule has 0 fully saturated rings. The average molecular weight is 320 g/mol. The first kappa shape index (κ1) is 17.5. The van der Waals surface area contributed by atoms with Crippen molar-refractivity contribution in [3.63, 3.8) is 0 Å². The Labute approximate surface area is 122 Å². The van der Waals surface area contributed by atoms with E-state index < -0.39 is 7.25 Å². The maximum atomic E-state index is 11.1. The summed E-state index contributed by atoms with van der Waals surface area (Å²) in [7, 11) is -0.937. The third-order valence-corrected chi connectivity index (χ3v) is 2.18. The summed E-state index contributed by atoms with van der Waals surface area (Å²) in [5.41, 5.74) is 1.31. The molecule has 0 saturated heterocycles. The molecule has 0 aliphatic rings. The molecule has 0 saturated carbocycles. The summed E-state index contributed by atoms with van der Waals surface area (Å²) in [6, 6.07) is 3.61. The molecule has 0 atom stereocenters. The topological polar surface area (TPSA) is 72.7 Å². The molecule has 0 amide bonds. The lowest BCUT2D eigenvalue weighted by Crippen LogP contribution is -2.28. The van der Waals surface area contributed by atoms with Gasteiger partial charge in [0.25, 0.3) is 11.9 Å². The predicted octanol–water partition coefficient (Wildman–Crippen LogP) is 0.856. The molecule has 7 nitrogen and oxygen atoms in total. The molecule has 0 spiro atoms. The van der Waals surface area contributed by atoms with E-state index in [1.807, 2.05) is 20.2 Å². The summed E-state index contributed by atoms with van der Waals surface area (Å²) in [6.07, 6.45) is 3.08. The maximum absolute atomic E-state index is 11.1. The fraction of sp³-hybridized carbons (Fsp3) is 0.300.